The standard InChI is InChI=1S/C12H15BrClNO3/c1-2-3-9(7-13)8-18-10-4-5-12(15(16)17)11(14)6-10/h4-6,9H,2-3,7-8H2,1H3. The molecule has 18 heavy (non-hydrogen) atoms. The number of hydrogen-bond acceptors (Lipinski definition) is 3. The minimum Gasteiger partial charge on any atom is -0.493 e. The van der Waals surface area contributed by atoms with Gasteiger partial charge in [0, 0.05) is 23.4 Å². The molecule has 6 heteroatoms. The number of ether oxygens (including phenoxy) is 1. The molecule has 1 aromatic rings. The highest BCUT2D eigenvalue weighted by Gasteiger charge is 2.13. The summed E-state index contributed by atoms with van der Waals surface area (Å²) < 4.78 is 5.59. The normalized spacial score (nSPS) is 12.2. The van der Waals surface area contributed by atoms with Gasteiger partial charge in [-0.1, -0.05) is 40.9 Å². The van der Waals surface area contributed by atoms with Crippen molar-refractivity contribution in [3.8, 4) is 5.75 Å². The fourth-order valence-corrected chi connectivity index (χ4v) is 2.30. The second kappa shape index (κ2) is 7.59. The van der Waals surface area contributed by atoms with Crippen LogP contribution in [0.5, 0.6) is 5.75 Å². The van der Waals surface area contributed by atoms with Crippen molar-refractivity contribution in [1.29, 1.82) is 0 Å². The van der Waals surface area contributed by atoms with E-state index in [0.29, 0.717) is 18.3 Å². The molecule has 0 aliphatic rings. The number of halogens is 2. The van der Waals surface area contributed by atoms with Gasteiger partial charge in [-0.3, -0.25) is 10.1 Å². The molecular weight excluding hydrogens is 321 g/mol. The number of hydrogen-bond donors (Lipinski definition) is 0. The molecule has 1 rings (SSSR count). The molecule has 0 N–H and O–H groups in total. The molecule has 0 radical (unpaired) electrons. The average molecular weight is 337 g/mol. The van der Waals surface area contributed by atoms with Crippen LogP contribution in [0.4, 0.5) is 5.69 Å². The van der Waals surface area contributed by atoms with Gasteiger partial charge < -0.3 is 4.74 Å². The third-order valence-electron chi connectivity index (χ3n) is 2.52. The van der Waals surface area contributed by atoms with Crippen LogP contribution in [-0.2, 0) is 0 Å². The van der Waals surface area contributed by atoms with Crippen molar-refractivity contribution in [2.24, 2.45) is 5.92 Å². The number of nitrogens with zero attached hydrogens (tertiary/aromatic N) is 1. The first-order valence-corrected chi connectivity index (χ1v) is 7.21. The van der Waals surface area contributed by atoms with E-state index in [2.05, 4.69) is 22.9 Å². The fraction of sp³-hybridized carbons (Fsp3) is 0.500. The van der Waals surface area contributed by atoms with Crippen molar-refractivity contribution < 1.29 is 9.66 Å². The van der Waals surface area contributed by atoms with Crippen LogP contribution in [0.3, 0.4) is 0 Å². The molecule has 4 nitrogen and oxygen atoms in total. The summed E-state index contributed by atoms with van der Waals surface area (Å²) in [5.41, 5.74) is -0.102. The van der Waals surface area contributed by atoms with E-state index in [0.717, 1.165) is 18.2 Å². The Morgan fingerprint density at radius 2 is 2.28 bits per heavy atom. The van der Waals surface area contributed by atoms with Gasteiger partial charge in [-0.25, -0.2) is 0 Å². The van der Waals surface area contributed by atoms with Gasteiger partial charge in [-0.05, 0) is 12.5 Å². The van der Waals surface area contributed by atoms with Crippen LogP contribution in [0, 0.1) is 16.0 Å². The van der Waals surface area contributed by atoms with E-state index in [1.165, 1.54) is 12.1 Å². The lowest BCUT2D eigenvalue weighted by molar-refractivity contribution is -0.384. The Bertz CT molecular complexity index is 414. The molecule has 0 aromatic heterocycles. The number of benzene rings is 1. The molecule has 1 aromatic carbocycles. The van der Waals surface area contributed by atoms with Crippen LogP contribution in [-0.4, -0.2) is 16.9 Å². The van der Waals surface area contributed by atoms with Gasteiger partial charge in [-0.2, -0.15) is 0 Å². The van der Waals surface area contributed by atoms with Gasteiger partial charge in [0.05, 0.1) is 11.5 Å². The Labute approximate surface area is 120 Å². The van der Waals surface area contributed by atoms with Crippen molar-refractivity contribution >= 4 is 33.2 Å². The second-order valence-electron chi connectivity index (χ2n) is 3.99. The minimum absolute atomic E-state index is 0.100. The molecule has 0 amide bonds. The largest absolute Gasteiger partial charge is 0.493 e. The molecule has 0 saturated heterocycles. The SMILES string of the molecule is CCCC(CBr)COc1ccc([N+](=O)[O-])c(Cl)c1. The van der Waals surface area contributed by atoms with Crippen LogP contribution >= 0.6 is 27.5 Å². The third-order valence-corrected chi connectivity index (χ3v) is 3.74. The van der Waals surface area contributed by atoms with Gasteiger partial charge in [0.25, 0.3) is 5.69 Å². The van der Waals surface area contributed by atoms with Crippen LogP contribution in [0.2, 0.25) is 5.02 Å². The maximum atomic E-state index is 10.6. The summed E-state index contributed by atoms with van der Waals surface area (Å²) in [6.45, 7) is 2.70. The van der Waals surface area contributed by atoms with E-state index in [1.54, 1.807) is 6.07 Å². The number of nitro benzene ring substituents is 1. The summed E-state index contributed by atoms with van der Waals surface area (Å²) in [5, 5.41) is 11.6. The van der Waals surface area contributed by atoms with Crippen molar-refractivity contribution in [2.75, 3.05) is 11.9 Å². The third kappa shape index (κ3) is 4.46. The van der Waals surface area contributed by atoms with Gasteiger partial charge in [0.2, 0.25) is 0 Å². The Balaban J connectivity index is 2.63. The molecule has 0 heterocycles. The molecule has 1 atom stereocenters. The van der Waals surface area contributed by atoms with Gasteiger partial charge in [0.1, 0.15) is 10.8 Å². The number of rotatable bonds is 7. The topological polar surface area (TPSA) is 52.4 Å². The van der Waals surface area contributed by atoms with Crippen LogP contribution in [0.1, 0.15) is 19.8 Å². The highest BCUT2D eigenvalue weighted by atomic mass is 79.9. The summed E-state index contributed by atoms with van der Waals surface area (Å²) in [7, 11) is 0. The molecule has 0 fully saturated rings. The fourth-order valence-electron chi connectivity index (χ4n) is 1.55. The molecule has 0 saturated carbocycles. The van der Waals surface area contributed by atoms with Gasteiger partial charge in [-0.15, -0.1) is 0 Å². The minimum atomic E-state index is -0.509. The Morgan fingerprint density at radius 1 is 1.56 bits per heavy atom. The first-order chi connectivity index (χ1) is 8.58. The van der Waals surface area contributed by atoms with Crippen molar-refractivity contribution in [2.45, 2.75) is 19.8 Å². The van der Waals surface area contributed by atoms with Crippen molar-refractivity contribution in [3.63, 3.8) is 0 Å². The van der Waals surface area contributed by atoms with Crippen molar-refractivity contribution in [1.82, 2.24) is 0 Å². The van der Waals surface area contributed by atoms with Crippen LogP contribution < -0.4 is 4.74 Å². The zero-order chi connectivity index (χ0) is 13.5. The van der Waals surface area contributed by atoms with E-state index in [1.807, 2.05) is 0 Å². The first-order valence-electron chi connectivity index (χ1n) is 5.71. The zero-order valence-corrected chi connectivity index (χ0v) is 12.4. The first kappa shape index (κ1) is 15.2. The molecular formula is C12H15BrClNO3. The van der Waals surface area contributed by atoms with E-state index in [4.69, 9.17) is 16.3 Å². The second-order valence-corrected chi connectivity index (χ2v) is 5.05. The summed E-state index contributed by atoms with van der Waals surface area (Å²) in [6, 6.07) is 4.42. The molecule has 0 spiro atoms. The molecule has 1 unspecified atom stereocenters. The lowest BCUT2D eigenvalue weighted by Crippen LogP contribution is -2.13. The highest BCUT2D eigenvalue weighted by Crippen LogP contribution is 2.28. The molecule has 0 bridgehead atoms. The summed E-state index contributed by atoms with van der Waals surface area (Å²) in [4.78, 5) is 10.1. The van der Waals surface area contributed by atoms with E-state index < -0.39 is 4.92 Å². The number of nitro groups is 1. The Hall–Kier alpha value is -0.810. The van der Waals surface area contributed by atoms with E-state index >= 15 is 0 Å². The molecule has 100 valence electrons. The van der Waals surface area contributed by atoms with Crippen LogP contribution in [0.25, 0.3) is 0 Å². The lowest BCUT2D eigenvalue weighted by Gasteiger charge is -2.14. The maximum absolute atomic E-state index is 10.6. The monoisotopic (exact) mass is 335 g/mol. The molecule has 0 aliphatic carbocycles. The highest BCUT2D eigenvalue weighted by molar-refractivity contribution is 9.09. The summed E-state index contributed by atoms with van der Waals surface area (Å²) >= 11 is 9.24. The number of alkyl halides is 1. The quantitative estimate of drug-likeness (QED) is 0.420. The van der Waals surface area contributed by atoms with E-state index in [-0.39, 0.29) is 10.7 Å². The van der Waals surface area contributed by atoms with Gasteiger partial charge >= 0.3 is 0 Å². The smallest absolute Gasteiger partial charge is 0.288 e. The predicted molar refractivity (Wildman–Crippen MR) is 75.8 cm³/mol. The maximum Gasteiger partial charge on any atom is 0.288 e. The summed E-state index contributed by atoms with van der Waals surface area (Å²) in [5.74, 6) is 0.997. The predicted octanol–water partition coefficient (Wildman–Crippen LogP) is 4.44. The lowest BCUT2D eigenvalue weighted by atomic mass is 10.1. The van der Waals surface area contributed by atoms with Gasteiger partial charge in [0.15, 0.2) is 0 Å². The average Bonchev–Trinajstić information content (AvgIpc) is 2.34. The zero-order valence-electron chi connectivity index (χ0n) is 10.1. The molecule has 0 aliphatic heterocycles. The van der Waals surface area contributed by atoms with Crippen molar-refractivity contribution in [3.05, 3.63) is 33.3 Å². The Morgan fingerprint density at radius 3 is 2.78 bits per heavy atom. The van der Waals surface area contributed by atoms with E-state index in [9.17, 15) is 10.1 Å². The summed E-state index contributed by atoms with van der Waals surface area (Å²) in [6.07, 6.45) is 2.17. The van der Waals surface area contributed by atoms with Crippen LogP contribution in [0.15, 0.2) is 18.2 Å². The Kier molecular flexibility index (Phi) is 6.43.